The molecule has 1 aromatic carbocycles. The number of hydrogen-bond acceptors (Lipinski definition) is 7. The minimum absolute atomic E-state index is 0.304. The van der Waals surface area contributed by atoms with Crippen molar-refractivity contribution in [2.24, 2.45) is 0 Å². The van der Waals surface area contributed by atoms with Crippen molar-refractivity contribution in [3.63, 3.8) is 0 Å². The van der Waals surface area contributed by atoms with Crippen LogP contribution in [-0.2, 0) is 13.0 Å². The highest BCUT2D eigenvalue weighted by atomic mass is 32.1. The van der Waals surface area contributed by atoms with E-state index >= 15 is 0 Å². The van der Waals surface area contributed by atoms with E-state index in [0.717, 1.165) is 45.3 Å². The second kappa shape index (κ2) is 10.0. The molecule has 0 spiro atoms. The Balaban J connectivity index is 0.000000567. The van der Waals surface area contributed by atoms with Crippen LogP contribution >= 0.6 is 11.3 Å². The highest BCUT2D eigenvalue weighted by Gasteiger charge is 2.21. The molecule has 0 amide bonds. The summed E-state index contributed by atoms with van der Waals surface area (Å²) in [4.78, 5) is 21.0. The fraction of sp³-hybridized carbons (Fsp3) is 0.435. The number of hydrogen-bond donors (Lipinski definition) is 3. The van der Waals surface area contributed by atoms with Gasteiger partial charge in [-0.25, -0.2) is 14.8 Å². The topological polar surface area (TPSA) is 114 Å². The molecule has 8 nitrogen and oxygen atoms in total. The van der Waals surface area contributed by atoms with Gasteiger partial charge in [0.15, 0.2) is 11.5 Å². The van der Waals surface area contributed by atoms with Gasteiger partial charge in [-0.2, -0.15) is 0 Å². The number of nitrogens with zero attached hydrogens (tertiary/aromatic N) is 2. The van der Waals surface area contributed by atoms with Gasteiger partial charge >= 0.3 is 6.16 Å². The van der Waals surface area contributed by atoms with Crippen molar-refractivity contribution >= 4 is 33.5 Å². The molecule has 1 fully saturated rings. The van der Waals surface area contributed by atoms with Crippen molar-refractivity contribution in [3.8, 4) is 11.5 Å². The van der Waals surface area contributed by atoms with Crippen LogP contribution in [0, 0.1) is 0 Å². The summed E-state index contributed by atoms with van der Waals surface area (Å²) in [5, 5.41) is 18.7. The molecule has 0 radical (unpaired) electrons. The van der Waals surface area contributed by atoms with Gasteiger partial charge in [0.05, 0.1) is 5.39 Å². The van der Waals surface area contributed by atoms with Crippen LogP contribution in [-0.4, -0.2) is 33.1 Å². The maximum Gasteiger partial charge on any atom is 0.503 e. The third-order valence-electron chi connectivity index (χ3n) is 5.68. The van der Waals surface area contributed by atoms with Crippen LogP contribution in [0.4, 0.5) is 10.6 Å². The molecule has 0 saturated heterocycles. The van der Waals surface area contributed by atoms with Gasteiger partial charge in [0.2, 0.25) is 6.79 Å². The Morgan fingerprint density at radius 3 is 2.62 bits per heavy atom. The summed E-state index contributed by atoms with van der Waals surface area (Å²) >= 11 is 1.80. The van der Waals surface area contributed by atoms with Gasteiger partial charge in [-0.05, 0) is 43.0 Å². The van der Waals surface area contributed by atoms with Gasteiger partial charge in [-0.3, -0.25) is 0 Å². The number of anilines is 1. The first-order chi connectivity index (χ1) is 15.5. The zero-order valence-electron chi connectivity index (χ0n) is 18.0. The number of benzene rings is 1. The lowest BCUT2D eigenvalue weighted by atomic mass is 9.88. The fourth-order valence-corrected chi connectivity index (χ4v) is 5.05. The number of nitrogens with one attached hydrogen (secondary N) is 1. The molecule has 3 aromatic rings. The Morgan fingerprint density at radius 2 is 1.88 bits per heavy atom. The summed E-state index contributed by atoms with van der Waals surface area (Å²) in [7, 11) is 0. The van der Waals surface area contributed by atoms with Crippen LogP contribution in [0.3, 0.4) is 0 Å². The van der Waals surface area contributed by atoms with Crippen LogP contribution in [0.15, 0.2) is 24.3 Å². The highest BCUT2D eigenvalue weighted by molar-refractivity contribution is 7.18. The van der Waals surface area contributed by atoms with Crippen molar-refractivity contribution in [3.05, 3.63) is 40.5 Å². The average molecular weight is 458 g/mol. The van der Waals surface area contributed by atoms with Gasteiger partial charge in [-0.15, -0.1) is 11.3 Å². The molecule has 2 aliphatic rings. The van der Waals surface area contributed by atoms with E-state index in [2.05, 4.69) is 24.4 Å². The largest absolute Gasteiger partial charge is 0.503 e. The smallest absolute Gasteiger partial charge is 0.454 e. The van der Waals surface area contributed by atoms with E-state index in [1.807, 2.05) is 12.1 Å². The molecule has 9 heteroatoms. The Morgan fingerprint density at radius 1 is 1.12 bits per heavy atom. The molecule has 32 heavy (non-hydrogen) atoms. The van der Waals surface area contributed by atoms with Crippen LogP contribution in [0.25, 0.3) is 10.2 Å². The molecule has 3 N–H and O–H groups in total. The van der Waals surface area contributed by atoms with Gasteiger partial charge in [0.25, 0.3) is 0 Å². The molecular formula is C23H27N3O5S. The first-order valence-electron chi connectivity index (χ1n) is 10.9. The third-order valence-corrected chi connectivity index (χ3v) is 6.85. The van der Waals surface area contributed by atoms with Crippen LogP contribution < -0.4 is 14.8 Å². The first kappa shape index (κ1) is 22.1. The Hall–Kier alpha value is -3.07. The predicted octanol–water partition coefficient (Wildman–Crippen LogP) is 5.86. The summed E-state index contributed by atoms with van der Waals surface area (Å²) in [6.45, 7) is 3.20. The number of carbonyl (C=O) groups is 1. The van der Waals surface area contributed by atoms with Crippen LogP contribution in [0.5, 0.6) is 11.5 Å². The number of aromatic nitrogens is 2. The van der Waals surface area contributed by atoms with E-state index in [4.69, 9.17) is 34.4 Å². The second-order valence-electron chi connectivity index (χ2n) is 7.87. The van der Waals surface area contributed by atoms with Gasteiger partial charge in [0.1, 0.15) is 16.5 Å². The summed E-state index contributed by atoms with van der Waals surface area (Å²) in [5.74, 6) is 4.11. The SMILES string of the molecule is CCc1cc2c(NCc3ccc4c(c3)OCO4)nc(C3CCCCC3)nc2s1.O=C(O)O. The molecule has 0 atom stereocenters. The minimum Gasteiger partial charge on any atom is -0.454 e. The lowest BCUT2D eigenvalue weighted by molar-refractivity contribution is 0.137. The molecule has 5 rings (SSSR count). The second-order valence-corrected chi connectivity index (χ2v) is 8.99. The molecule has 3 heterocycles. The molecule has 170 valence electrons. The van der Waals surface area contributed by atoms with Crippen molar-refractivity contribution < 1.29 is 24.5 Å². The monoisotopic (exact) mass is 457 g/mol. The van der Waals surface area contributed by atoms with E-state index in [9.17, 15) is 0 Å². The van der Waals surface area contributed by atoms with Crippen molar-refractivity contribution in [1.82, 2.24) is 9.97 Å². The van der Waals surface area contributed by atoms with Crippen LogP contribution in [0.2, 0.25) is 0 Å². The summed E-state index contributed by atoms with van der Waals surface area (Å²) in [6.07, 6.45) is 5.53. The maximum absolute atomic E-state index is 8.56. The van der Waals surface area contributed by atoms with Crippen LogP contribution in [0.1, 0.15) is 61.2 Å². The van der Waals surface area contributed by atoms with Gasteiger partial charge in [-0.1, -0.05) is 32.3 Å². The molecular weight excluding hydrogens is 430 g/mol. The molecule has 1 aliphatic heterocycles. The first-order valence-corrected chi connectivity index (χ1v) is 11.7. The van der Waals surface area contributed by atoms with Gasteiger partial charge in [0, 0.05) is 17.3 Å². The molecule has 0 bridgehead atoms. The number of ether oxygens (including phenoxy) is 2. The van der Waals surface area contributed by atoms with Gasteiger partial charge < -0.3 is 25.0 Å². The van der Waals surface area contributed by atoms with E-state index in [0.29, 0.717) is 19.3 Å². The Labute approximate surface area is 190 Å². The lowest BCUT2D eigenvalue weighted by Crippen LogP contribution is -2.11. The number of carboxylic acid groups (broad SMARTS) is 2. The average Bonchev–Trinajstić information content (AvgIpc) is 3.43. The molecule has 1 saturated carbocycles. The van der Waals surface area contributed by atoms with Crippen molar-refractivity contribution in [2.45, 2.75) is 57.9 Å². The molecule has 1 aliphatic carbocycles. The quantitative estimate of drug-likeness (QED) is 0.436. The number of thiophene rings is 1. The number of fused-ring (bicyclic) bond motifs is 2. The summed E-state index contributed by atoms with van der Waals surface area (Å²) < 4.78 is 10.9. The summed E-state index contributed by atoms with van der Waals surface area (Å²) in [5.41, 5.74) is 1.15. The van der Waals surface area contributed by atoms with E-state index in [1.54, 1.807) is 11.3 Å². The number of rotatable bonds is 5. The predicted molar refractivity (Wildman–Crippen MR) is 123 cm³/mol. The van der Waals surface area contributed by atoms with Crippen molar-refractivity contribution in [2.75, 3.05) is 12.1 Å². The lowest BCUT2D eigenvalue weighted by Gasteiger charge is -2.21. The standard InChI is InChI=1S/C22H25N3O2S.CH2O3/c1-2-16-11-17-21(23-12-14-8-9-18-19(10-14)27-13-26-18)24-20(25-22(17)28-16)15-6-4-3-5-7-15;2-1(3)4/h8-11,15H,2-7,12-13H2,1H3,(H,23,24,25);(H2,2,3,4). The molecule has 2 aromatic heterocycles. The zero-order valence-corrected chi connectivity index (χ0v) is 18.8. The maximum atomic E-state index is 8.56. The van der Waals surface area contributed by atoms with E-state index in [-0.39, 0.29) is 0 Å². The highest BCUT2D eigenvalue weighted by Crippen LogP contribution is 2.36. The Bertz CT molecular complexity index is 1090. The fourth-order valence-electron chi connectivity index (χ4n) is 4.08. The molecule has 0 unspecified atom stereocenters. The minimum atomic E-state index is -1.83. The van der Waals surface area contributed by atoms with E-state index < -0.39 is 6.16 Å². The third kappa shape index (κ3) is 5.21. The van der Waals surface area contributed by atoms with E-state index in [1.165, 1.54) is 37.0 Å². The normalized spacial score (nSPS) is 15.3. The van der Waals surface area contributed by atoms with Crippen molar-refractivity contribution in [1.29, 1.82) is 0 Å². The zero-order chi connectivity index (χ0) is 22.5. The number of aryl methyl sites for hydroxylation is 1. The Kier molecular flexibility index (Phi) is 6.94. The summed E-state index contributed by atoms with van der Waals surface area (Å²) in [6, 6.07) is 8.33.